The highest BCUT2D eigenvalue weighted by Gasteiger charge is 2.29. The normalized spacial score (nSPS) is 14.8. The summed E-state index contributed by atoms with van der Waals surface area (Å²) in [7, 11) is 4.95. The molecule has 2 aromatic carbocycles. The standard InChI is InChI=1S/C21H22N2O4S/c1-12-10-16-19(15-11-13(24-2)8-9-14(12)15)27-22-21(16)23-28-20-17(25-3)6-5-7-18(20)26-4/h5-9,11-12H,10H2,1-4H3,(H,22,23)/t12-/m1/s1. The number of nitrogens with one attached hydrogen (secondary N) is 1. The van der Waals surface area contributed by atoms with E-state index in [4.69, 9.17) is 18.7 Å². The number of aromatic nitrogens is 1. The molecule has 0 unspecified atom stereocenters. The van der Waals surface area contributed by atoms with Crippen LogP contribution in [0.2, 0.25) is 0 Å². The molecule has 4 rings (SSSR count). The minimum Gasteiger partial charge on any atom is -0.497 e. The summed E-state index contributed by atoms with van der Waals surface area (Å²) < 4.78 is 25.3. The molecule has 6 nitrogen and oxygen atoms in total. The van der Waals surface area contributed by atoms with Crippen LogP contribution in [-0.2, 0) is 6.42 Å². The molecule has 0 bridgehead atoms. The number of anilines is 1. The van der Waals surface area contributed by atoms with Gasteiger partial charge in [0.25, 0.3) is 0 Å². The molecule has 0 amide bonds. The molecule has 1 aliphatic carbocycles. The van der Waals surface area contributed by atoms with Crippen molar-refractivity contribution in [3.8, 4) is 28.6 Å². The molecular weight excluding hydrogens is 376 g/mol. The minimum atomic E-state index is 0.360. The Morgan fingerprint density at radius 1 is 1.07 bits per heavy atom. The van der Waals surface area contributed by atoms with Gasteiger partial charge in [-0.1, -0.05) is 24.2 Å². The van der Waals surface area contributed by atoms with E-state index in [1.807, 2.05) is 30.3 Å². The monoisotopic (exact) mass is 398 g/mol. The number of rotatable bonds is 6. The molecule has 0 spiro atoms. The summed E-state index contributed by atoms with van der Waals surface area (Å²) in [6.07, 6.45) is 0.851. The van der Waals surface area contributed by atoms with Gasteiger partial charge in [0.05, 0.1) is 21.3 Å². The number of ether oxygens (including phenoxy) is 3. The van der Waals surface area contributed by atoms with Crippen LogP contribution in [0.15, 0.2) is 45.8 Å². The number of nitrogens with zero attached hydrogens (tertiary/aromatic N) is 1. The van der Waals surface area contributed by atoms with Gasteiger partial charge in [-0.2, -0.15) is 0 Å². The van der Waals surface area contributed by atoms with Gasteiger partial charge < -0.3 is 23.5 Å². The van der Waals surface area contributed by atoms with E-state index < -0.39 is 0 Å². The molecule has 0 fully saturated rings. The van der Waals surface area contributed by atoms with Crippen LogP contribution >= 0.6 is 11.9 Å². The van der Waals surface area contributed by atoms with Crippen LogP contribution < -0.4 is 18.9 Å². The highest BCUT2D eigenvalue weighted by atomic mass is 32.2. The largest absolute Gasteiger partial charge is 0.497 e. The van der Waals surface area contributed by atoms with Crippen molar-refractivity contribution in [2.75, 3.05) is 26.1 Å². The van der Waals surface area contributed by atoms with Crippen LogP contribution in [0, 0.1) is 0 Å². The van der Waals surface area contributed by atoms with Crippen LogP contribution in [0.1, 0.15) is 24.0 Å². The molecule has 0 aliphatic heterocycles. The quantitative estimate of drug-likeness (QED) is 0.576. The number of benzene rings is 2. The SMILES string of the molecule is COc1ccc2c(c1)-c1onc(NSc3c(OC)cccc3OC)c1C[C@H]2C. The van der Waals surface area contributed by atoms with Crippen molar-refractivity contribution in [1.29, 1.82) is 0 Å². The van der Waals surface area contributed by atoms with Gasteiger partial charge in [0.15, 0.2) is 11.6 Å². The molecule has 28 heavy (non-hydrogen) atoms. The predicted octanol–water partition coefficient (Wildman–Crippen LogP) is 5.15. The third-order valence-corrected chi connectivity index (χ3v) is 5.87. The Hall–Kier alpha value is -2.80. The molecule has 3 aromatic rings. The molecular formula is C21H22N2O4S. The third-order valence-electron chi connectivity index (χ3n) is 4.97. The van der Waals surface area contributed by atoms with Crippen molar-refractivity contribution in [1.82, 2.24) is 5.16 Å². The van der Waals surface area contributed by atoms with Crippen LogP contribution in [0.25, 0.3) is 11.3 Å². The van der Waals surface area contributed by atoms with Crippen LogP contribution in [0.4, 0.5) is 5.82 Å². The van der Waals surface area contributed by atoms with Crippen molar-refractivity contribution in [3.05, 3.63) is 47.5 Å². The summed E-state index contributed by atoms with van der Waals surface area (Å²) in [4.78, 5) is 0.857. The average Bonchev–Trinajstić information content (AvgIpc) is 3.14. The molecule has 7 heteroatoms. The Labute approximate surface area is 168 Å². The lowest BCUT2D eigenvalue weighted by atomic mass is 9.83. The first kappa shape index (κ1) is 18.6. The van der Waals surface area contributed by atoms with Gasteiger partial charge in [-0.05, 0) is 54.1 Å². The van der Waals surface area contributed by atoms with E-state index in [1.54, 1.807) is 21.3 Å². The second kappa shape index (κ2) is 7.67. The summed E-state index contributed by atoms with van der Waals surface area (Å²) in [5, 5.41) is 4.28. The molecule has 1 heterocycles. The fourth-order valence-electron chi connectivity index (χ4n) is 3.51. The Kier molecular flexibility index (Phi) is 5.09. The van der Waals surface area contributed by atoms with Crippen molar-refractivity contribution >= 4 is 17.8 Å². The molecule has 1 atom stereocenters. The zero-order valence-electron chi connectivity index (χ0n) is 16.2. The first-order valence-electron chi connectivity index (χ1n) is 8.97. The number of methoxy groups -OCH3 is 3. The fourth-order valence-corrected chi connectivity index (χ4v) is 4.38. The van der Waals surface area contributed by atoms with E-state index in [-0.39, 0.29) is 0 Å². The zero-order chi connectivity index (χ0) is 19.7. The maximum absolute atomic E-state index is 5.72. The van der Waals surface area contributed by atoms with Crippen molar-refractivity contribution in [3.63, 3.8) is 0 Å². The number of fused-ring (bicyclic) bond motifs is 3. The van der Waals surface area contributed by atoms with Crippen LogP contribution in [-0.4, -0.2) is 26.5 Å². The first-order chi connectivity index (χ1) is 13.7. The molecule has 1 aromatic heterocycles. The van der Waals surface area contributed by atoms with E-state index in [0.29, 0.717) is 11.7 Å². The maximum Gasteiger partial charge on any atom is 0.183 e. The molecule has 0 saturated heterocycles. The summed E-state index contributed by atoms with van der Waals surface area (Å²) in [5.74, 6) is 4.14. The zero-order valence-corrected chi connectivity index (χ0v) is 17.1. The summed E-state index contributed by atoms with van der Waals surface area (Å²) in [6.45, 7) is 2.21. The minimum absolute atomic E-state index is 0.360. The smallest absolute Gasteiger partial charge is 0.183 e. The predicted molar refractivity (Wildman–Crippen MR) is 110 cm³/mol. The maximum atomic E-state index is 5.72. The number of hydrogen-bond acceptors (Lipinski definition) is 7. The van der Waals surface area contributed by atoms with Crippen LogP contribution in [0.5, 0.6) is 17.2 Å². The molecule has 1 aliphatic rings. The van der Waals surface area contributed by atoms with E-state index in [1.165, 1.54) is 17.5 Å². The summed E-state index contributed by atoms with van der Waals surface area (Å²) >= 11 is 1.40. The lowest BCUT2D eigenvalue weighted by Crippen LogP contribution is -2.08. The highest BCUT2D eigenvalue weighted by molar-refractivity contribution is 8.00. The van der Waals surface area contributed by atoms with Gasteiger partial charge in [-0.15, -0.1) is 0 Å². The average molecular weight is 398 g/mol. The molecule has 0 radical (unpaired) electrons. The lowest BCUT2D eigenvalue weighted by Gasteiger charge is -2.22. The Morgan fingerprint density at radius 2 is 1.82 bits per heavy atom. The Bertz CT molecular complexity index is 980. The van der Waals surface area contributed by atoms with Gasteiger partial charge in [0.2, 0.25) is 0 Å². The second-order valence-electron chi connectivity index (χ2n) is 6.59. The highest BCUT2D eigenvalue weighted by Crippen LogP contribution is 2.45. The van der Waals surface area contributed by atoms with Gasteiger partial charge in [0.1, 0.15) is 22.1 Å². The van der Waals surface area contributed by atoms with Gasteiger partial charge in [0, 0.05) is 11.1 Å². The second-order valence-corrected chi connectivity index (χ2v) is 7.41. The summed E-state index contributed by atoms with van der Waals surface area (Å²) in [6, 6.07) is 11.8. The lowest BCUT2D eigenvalue weighted by molar-refractivity contribution is 0.376. The van der Waals surface area contributed by atoms with Crippen molar-refractivity contribution < 1.29 is 18.7 Å². The summed E-state index contributed by atoms with van der Waals surface area (Å²) in [5.41, 5.74) is 3.35. The van der Waals surface area contributed by atoms with E-state index >= 15 is 0 Å². The van der Waals surface area contributed by atoms with E-state index in [2.05, 4.69) is 22.9 Å². The van der Waals surface area contributed by atoms with Gasteiger partial charge >= 0.3 is 0 Å². The first-order valence-corrected chi connectivity index (χ1v) is 9.78. The Balaban J connectivity index is 1.66. The van der Waals surface area contributed by atoms with E-state index in [0.717, 1.165) is 45.5 Å². The van der Waals surface area contributed by atoms with Crippen molar-refractivity contribution in [2.45, 2.75) is 24.2 Å². The van der Waals surface area contributed by atoms with Gasteiger partial charge in [-0.3, -0.25) is 0 Å². The van der Waals surface area contributed by atoms with E-state index in [9.17, 15) is 0 Å². The molecule has 1 N–H and O–H groups in total. The fraction of sp³-hybridized carbons (Fsp3) is 0.286. The van der Waals surface area contributed by atoms with Crippen molar-refractivity contribution in [2.24, 2.45) is 0 Å². The topological polar surface area (TPSA) is 65.8 Å². The van der Waals surface area contributed by atoms with Crippen LogP contribution in [0.3, 0.4) is 0 Å². The Morgan fingerprint density at radius 3 is 2.50 bits per heavy atom. The molecule has 146 valence electrons. The number of hydrogen-bond donors (Lipinski definition) is 1. The van der Waals surface area contributed by atoms with Gasteiger partial charge in [-0.25, -0.2) is 0 Å². The third kappa shape index (κ3) is 3.16. The molecule has 0 saturated carbocycles.